The lowest BCUT2D eigenvalue weighted by molar-refractivity contribution is 0.0584. The minimum absolute atomic E-state index is 0.195. The van der Waals surface area contributed by atoms with Crippen molar-refractivity contribution in [2.24, 2.45) is 11.7 Å². The van der Waals surface area contributed by atoms with Gasteiger partial charge in [0, 0.05) is 49.6 Å². The number of halogens is 1. The molecule has 146 valence electrons. The molecule has 0 aliphatic carbocycles. The molecular formula is C20H34ClN5. The normalized spacial score (nSPS) is 30.3. The Morgan fingerprint density at radius 3 is 2.85 bits per heavy atom. The summed E-state index contributed by atoms with van der Waals surface area (Å²) in [6.45, 7) is 8.01. The van der Waals surface area contributed by atoms with E-state index in [1.165, 1.54) is 11.1 Å². The molecule has 2 aliphatic heterocycles. The molecule has 0 bridgehead atoms. The van der Waals surface area contributed by atoms with E-state index in [9.17, 15) is 0 Å². The number of benzene rings is 1. The zero-order valence-electron chi connectivity index (χ0n) is 16.5. The van der Waals surface area contributed by atoms with Gasteiger partial charge in [-0.1, -0.05) is 24.3 Å². The van der Waals surface area contributed by atoms with Crippen LogP contribution in [0.2, 0.25) is 0 Å². The molecule has 3 N–H and O–H groups in total. The zero-order valence-corrected chi connectivity index (χ0v) is 17.3. The van der Waals surface area contributed by atoms with Gasteiger partial charge in [-0.25, -0.2) is 10.4 Å². The molecule has 1 aromatic rings. The maximum atomic E-state index is 6.85. The van der Waals surface area contributed by atoms with Gasteiger partial charge in [-0.3, -0.25) is 4.90 Å². The molecule has 4 atom stereocenters. The average Bonchev–Trinajstić information content (AvgIpc) is 3.05. The number of hydrazine groups is 1. The van der Waals surface area contributed by atoms with Crippen molar-refractivity contribution >= 4 is 11.6 Å². The molecule has 2 heterocycles. The number of hydrogen-bond acceptors (Lipinski definition) is 5. The monoisotopic (exact) mass is 379 g/mol. The number of hydrogen-bond donors (Lipinski definition) is 2. The molecule has 0 aromatic heterocycles. The molecule has 0 amide bonds. The van der Waals surface area contributed by atoms with E-state index in [1.807, 2.05) is 0 Å². The standard InChI is InChI=1S/C20H34ClN5/c1-14(2)26-13-17-18(21)11-19(25(4)20(17)23-26)16-7-5-6-15(10-16)12-24(3)9-8-22/h5-7,10,14,17-20,23H,8-9,11-13,22H2,1-4H3. The minimum atomic E-state index is 0.195. The highest BCUT2D eigenvalue weighted by atomic mass is 35.5. The Bertz CT molecular complexity index is 595. The van der Waals surface area contributed by atoms with Gasteiger partial charge in [0.05, 0.1) is 6.17 Å². The number of nitrogens with zero attached hydrogens (tertiary/aromatic N) is 3. The predicted molar refractivity (Wildman–Crippen MR) is 109 cm³/mol. The van der Waals surface area contributed by atoms with Crippen LogP contribution in [0, 0.1) is 5.92 Å². The zero-order chi connectivity index (χ0) is 18.8. The van der Waals surface area contributed by atoms with Crippen LogP contribution in [-0.4, -0.2) is 66.1 Å². The van der Waals surface area contributed by atoms with Gasteiger partial charge in [-0.05, 0) is 45.5 Å². The maximum Gasteiger partial charge on any atom is 0.0789 e. The summed E-state index contributed by atoms with van der Waals surface area (Å²) in [6, 6.07) is 9.79. The number of likely N-dealkylation sites (N-methyl/N-ethyl adjacent to an activating group) is 1. The summed E-state index contributed by atoms with van der Waals surface area (Å²) in [5, 5.41) is 2.53. The number of fused-ring (bicyclic) bond motifs is 1. The van der Waals surface area contributed by atoms with Crippen LogP contribution in [0.3, 0.4) is 0 Å². The van der Waals surface area contributed by atoms with E-state index in [2.05, 4.69) is 72.4 Å². The third-order valence-electron chi connectivity index (χ3n) is 5.88. The molecule has 0 spiro atoms. The lowest BCUT2D eigenvalue weighted by Crippen LogP contribution is -2.53. The Hall–Kier alpha value is -0.690. The molecule has 6 heteroatoms. The van der Waals surface area contributed by atoms with E-state index in [0.717, 1.165) is 26.1 Å². The van der Waals surface area contributed by atoms with Crippen molar-refractivity contribution in [3.63, 3.8) is 0 Å². The van der Waals surface area contributed by atoms with Gasteiger partial charge >= 0.3 is 0 Å². The molecule has 2 fully saturated rings. The summed E-state index contributed by atoms with van der Waals surface area (Å²) in [7, 11) is 4.35. The third kappa shape index (κ3) is 4.24. The van der Waals surface area contributed by atoms with Crippen LogP contribution in [-0.2, 0) is 6.54 Å². The summed E-state index contributed by atoms with van der Waals surface area (Å²) in [5.41, 5.74) is 12.1. The van der Waals surface area contributed by atoms with Crippen molar-refractivity contribution < 1.29 is 0 Å². The summed E-state index contributed by atoms with van der Waals surface area (Å²) < 4.78 is 0. The van der Waals surface area contributed by atoms with E-state index in [0.29, 0.717) is 30.7 Å². The SMILES string of the molecule is CC(C)N1CC2C(Cl)CC(c3cccc(CN(C)CCN)c3)N(C)C2N1. The molecule has 3 rings (SSSR count). The predicted octanol–water partition coefficient (Wildman–Crippen LogP) is 2.23. The maximum absolute atomic E-state index is 6.85. The first kappa shape index (κ1) is 20.1. The van der Waals surface area contributed by atoms with Crippen molar-refractivity contribution in [2.45, 2.75) is 50.4 Å². The van der Waals surface area contributed by atoms with Crippen molar-refractivity contribution in [1.82, 2.24) is 20.2 Å². The smallest absolute Gasteiger partial charge is 0.0789 e. The van der Waals surface area contributed by atoms with Gasteiger partial charge < -0.3 is 10.6 Å². The van der Waals surface area contributed by atoms with Crippen LogP contribution >= 0.6 is 11.6 Å². The highest BCUT2D eigenvalue weighted by molar-refractivity contribution is 6.21. The van der Waals surface area contributed by atoms with Gasteiger partial charge in [-0.2, -0.15) is 0 Å². The van der Waals surface area contributed by atoms with E-state index in [1.54, 1.807) is 0 Å². The van der Waals surface area contributed by atoms with E-state index in [-0.39, 0.29) is 5.38 Å². The molecule has 2 saturated heterocycles. The van der Waals surface area contributed by atoms with Gasteiger partial charge in [0.25, 0.3) is 0 Å². The second-order valence-corrected chi connectivity index (χ2v) is 8.75. The number of piperidine rings is 1. The fourth-order valence-corrected chi connectivity index (χ4v) is 4.73. The average molecular weight is 380 g/mol. The van der Waals surface area contributed by atoms with Gasteiger partial charge in [-0.15, -0.1) is 11.6 Å². The highest BCUT2D eigenvalue weighted by Gasteiger charge is 2.46. The van der Waals surface area contributed by atoms with Crippen LogP contribution in [0.5, 0.6) is 0 Å². The summed E-state index contributed by atoms with van der Waals surface area (Å²) >= 11 is 6.85. The topological polar surface area (TPSA) is 47.8 Å². The Balaban J connectivity index is 1.75. The van der Waals surface area contributed by atoms with E-state index in [4.69, 9.17) is 17.3 Å². The second-order valence-electron chi connectivity index (χ2n) is 8.19. The number of nitrogens with one attached hydrogen (secondary N) is 1. The van der Waals surface area contributed by atoms with E-state index >= 15 is 0 Å². The molecule has 0 saturated carbocycles. The molecule has 2 aliphatic rings. The first-order valence-electron chi connectivity index (χ1n) is 9.77. The molecular weight excluding hydrogens is 346 g/mol. The fraction of sp³-hybridized carbons (Fsp3) is 0.700. The van der Waals surface area contributed by atoms with Crippen LogP contribution in [0.15, 0.2) is 24.3 Å². The third-order valence-corrected chi connectivity index (χ3v) is 6.38. The number of rotatable bonds is 6. The van der Waals surface area contributed by atoms with E-state index < -0.39 is 0 Å². The van der Waals surface area contributed by atoms with Crippen molar-refractivity contribution in [2.75, 3.05) is 33.7 Å². The van der Waals surface area contributed by atoms with Gasteiger partial charge in [0.1, 0.15) is 0 Å². The highest BCUT2D eigenvalue weighted by Crippen LogP contribution is 2.41. The molecule has 26 heavy (non-hydrogen) atoms. The largest absolute Gasteiger partial charge is 0.329 e. The number of alkyl halides is 1. The molecule has 1 aromatic carbocycles. The summed E-state index contributed by atoms with van der Waals surface area (Å²) in [4.78, 5) is 4.75. The lowest BCUT2D eigenvalue weighted by Gasteiger charge is -2.43. The molecule has 4 unspecified atom stereocenters. The van der Waals surface area contributed by atoms with Crippen molar-refractivity contribution in [3.05, 3.63) is 35.4 Å². The fourth-order valence-electron chi connectivity index (χ4n) is 4.34. The van der Waals surface area contributed by atoms with Crippen LogP contribution in [0.4, 0.5) is 0 Å². The second kappa shape index (κ2) is 8.55. The van der Waals surface area contributed by atoms with Crippen LogP contribution < -0.4 is 11.2 Å². The minimum Gasteiger partial charge on any atom is -0.329 e. The number of nitrogens with two attached hydrogens (primary N) is 1. The molecule has 5 nitrogen and oxygen atoms in total. The van der Waals surface area contributed by atoms with Gasteiger partial charge in [0.2, 0.25) is 0 Å². The Morgan fingerprint density at radius 2 is 2.15 bits per heavy atom. The van der Waals surface area contributed by atoms with Crippen LogP contribution in [0.25, 0.3) is 0 Å². The summed E-state index contributed by atoms with van der Waals surface area (Å²) in [5.74, 6) is 0.471. The first-order chi connectivity index (χ1) is 12.4. The van der Waals surface area contributed by atoms with Gasteiger partial charge in [0.15, 0.2) is 0 Å². The van der Waals surface area contributed by atoms with Crippen molar-refractivity contribution in [1.29, 1.82) is 0 Å². The quantitative estimate of drug-likeness (QED) is 0.742. The summed E-state index contributed by atoms with van der Waals surface area (Å²) in [6.07, 6.45) is 1.30. The van der Waals surface area contributed by atoms with Crippen LogP contribution in [0.1, 0.15) is 37.4 Å². The number of likely N-dealkylation sites (tertiary alicyclic amines) is 1. The Kier molecular flexibility index (Phi) is 6.59. The first-order valence-corrected chi connectivity index (χ1v) is 10.2. The Labute approximate surface area is 163 Å². The van der Waals surface area contributed by atoms with Crippen molar-refractivity contribution in [3.8, 4) is 0 Å². The lowest BCUT2D eigenvalue weighted by atomic mass is 9.86. The molecule has 0 radical (unpaired) electrons. The Morgan fingerprint density at radius 1 is 1.38 bits per heavy atom.